The Kier molecular flexibility index (Phi) is 5.05. The molecule has 2 rings (SSSR count). The summed E-state index contributed by atoms with van der Waals surface area (Å²) in [6.07, 6.45) is 4.72. The number of anilines is 1. The second kappa shape index (κ2) is 6.39. The third kappa shape index (κ3) is 4.05. The van der Waals surface area contributed by atoms with Crippen LogP contribution in [0.25, 0.3) is 0 Å². The van der Waals surface area contributed by atoms with Gasteiger partial charge in [-0.05, 0) is 43.7 Å². The first-order chi connectivity index (χ1) is 8.95. The lowest BCUT2D eigenvalue weighted by Gasteiger charge is -2.26. The summed E-state index contributed by atoms with van der Waals surface area (Å²) in [6.45, 7) is 5.38. The van der Waals surface area contributed by atoms with Gasteiger partial charge in [0.25, 0.3) is 0 Å². The van der Waals surface area contributed by atoms with E-state index in [0.29, 0.717) is 26.9 Å². The maximum Gasteiger partial charge on any atom is 0.0653 e. The highest BCUT2D eigenvalue weighted by Gasteiger charge is 2.18. The summed E-state index contributed by atoms with van der Waals surface area (Å²) in [5.74, 6) is 1.30. The Bertz CT molecular complexity index is 496. The maximum absolute atomic E-state index is 6.16. The molecule has 0 radical (unpaired) electrons. The number of hydrogen-bond acceptors (Lipinski definition) is 1. The van der Waals surface area contributed by atoms with Crippen molar-refractivity contribution in [2.45, 2.75) is 26.7 Å². The van der Waals surface area contributed by atoms with E-state index < -0.39 is 0 Å². The normalized spacial score (nSPS) is 23.1. The van der Waals surface area contributed by atoms with Crippen molar-refractivity contribution < 1.29 is 0 Å². The van der Waals surface area contributed by atoms with E-state index >= 15 is 0 Å². The largest absolute Gasteiger partial charge is 0.384 e. The smallest absolute Gasteiger partial charge is 0.0653 e. The molecule has 1 nitrogen and oxygen atoms in total. The number of rotatable bonds is 3. The monoisotopic (exact) mass is 317 g/mol. The van der Waals surface area contributed by atoms with Crippen molar-refractivity contribution >= 4 is 40.5 Å². The first-order valence-corrected chi connectivity index (χ1v) is 7.64. The lowest BCUT2D eigenvalue weighted by Crippen LogP contribution is -2.20. The molecular formula is C15H18Cl3N. The predicted octanol–water partition coefficient (Wildman–Crippen LogP) is 6.05. The van der Waals surface area contributed by atoms with Gasteiger partial charge < -0.3 is 5.32 Å². The van der Waals surface area contributed by atoms with Gasteiger partial charge >= 0.3 is 0 Å². The zero-order chi connectivity index (χ0) is 14.0. The van der Waals surface area contributed by atoms with Gasteiger partial charge in [-0.15, -0.1) is 0 Å². The Hall–Kier alpha value is -0.370. The number of halogens is 3. The van der Waals surface area contributed by atoms with Gasteiger partial charge in [0.1, 0.15) is 0 Å². The average Bonchev–Trinajstić information content (AvgIpc) is 2.31. The SMILES string of the molecule is CC1=CC(C)CC(CNc2cc(Cl)c(Cl)cc2Cl)C1. The Labute approximate surface area is 129 Å². The van der Waals surface area contributed by atoms with Crippen molar-refractivity contribution in [3.8, 4) is 0 Å². The minimum Gasteiger partial charge on any atom is -0.384 e. The molecule has 1 N–H and O–H groups in total. The van der Waals surface area contributed by atoms with Crippen LogP contribution in [-0.2, 0) is 0 Å². The fraction of sp³-hybridized carbons (Fsp3) is 0.467. The third-order valence-corrected chi connectivity index (χ3v) is 4.51. The highest BCUT2D eigenvalue weighted by Crippen LogP contribution is 2.33. The number of benzene rings is 1. The number of nitrogens with one attached hydrogen (secondary N) is 1. The second-order valence-electron chi connectivity index (χ2n) is 5.42. The van der Waals surface area contributed by atoms with E-state index in [1.165, 1.54) is 12.0 Å². The molecule has 0 aliphatic heterocycles. The average molecular weight is 319 g/mol. The van der Waals surface area contributed by atoms with Crippen LogP contribution in [0, 0.1) is 11.8 Å². The fourth-order valence-electron chi connectivity index (χ4n) is 2.75. The molecule has 1 aromatic carbocycles. The van der Waals surface area contributed by atoms with E-state index in [4.69, 9.17) is 34.8 Å². The molecule has 19 heavy (non-hydrogen) atoms. The van der Waals surface area contributed by atoms with Crippen molar-refractivity contribution in [1.82, 2.24) is 0 Å². The number of allylic oxidation sites excluding steroid dienone is 2. The standard InChI is InChI=1S/C15H18Cl3N/c1-9-3-10(2)5-11(4-9)8-19-15-7-13(17)12(16)6-14(15)18/h3,6-7,9,11,19H,4-5,8H2,1-2H3. The van der Waals surface area contributed by atoms with Crippen molar-refractivity contribution in [2.24, 2.45) is 11.8 Å². The molecule has 0 bridgehead atoms. The molecule has 0 amide bonds. The summed E-state index contributed by atoms with van der Waals surface area (Å²) in [5, 5.41) is 5.02. The highest BCUT2D eigenvalue weighted by atomic mass is 35.5. The van der Waals surface area contributed by atoms with E-state index in [1.54, 1.807) is 12.1 Å². The van der Waals surface area contributed by atoms with E-state index in [9.17, 15) is 0 Å². The molecule has 1 aliphatic rings. The molecule has 2 unspecified atom stereocenters. The lowest BCUT2D eigenvalue weighted by atomic mass is 9.84. The van der Waals surface area contributed by atoms with Gasteiger partial charge in [-0.1, -0.05) is 53.4 Å². The van der Waals surface area contributed by atoms with E-state index in [0.717, 1.165) is 18.7 Å². The Morgan fingerprint density at radius 1 is 1.16 bits per heavy atom. The molecule has 0 saturated carbocycles. The maximum atomic E-state index is 6.16. The summed E-state index contributed by atoms with van der Waals surface area (Å²) < 4.78 is 0. The zero-order valence-electron chi connectivity index (χ0n) is 11.1. The first kappa shape index (κ1) is 15.0. The van der Waals surface area contributed by atoms with Gasteiger partial charge in [0, 0.05) is 6.54 Å². The third-order valence-electron chi connectivity index (χ3n) is 3.48. The van der Waals surface area contributed by atoms with Crippen molar-refractivity contribution in [3.05, 3.63) is 38.8 Å². The van der Waals surface area contributed by atoms with Gasteiger partial charge in [0.05, 0.1) is 20.8 Å². The molecule has 1 aliphatic carbocycles. The Balaban J connectivity index is 2.00. The Morgan fingerprint density at radius 2 is 1.84 bits per heavy atom. The highest BCUT2D eigenvalue weighted by molar-refractivity contribution is 6.44. The van der Waals surface area contributed by atoms with Crippen LogP contribution in [-0.4, -0.2) is 6.54 Å². The minimum atomic E-state index is 0.488. The zero-order valence-corrected chi connectivity index (χ0v) is 13.4. The molecule has 0 heterocycles. The number of hydrogen-bond donors (Lipinski definition) is 1. The summed E-state index contributed by atoms with van der Waals surface area (Å²) in [7, 11) is 0. The summed E-state index contributed by atoms with van der Waals surface area (Å²) in [4.78, 5) is 0. The van der Waals surface area contributed by atoms with Gasteiger partial charge in [0.2, 0.25) is 0 Å². The predicted molar refractivity (Wildman–Crippen MR) is 85.6 cm³/mol. The van der Waals surface area contributed by atoms with Gasteiger partial charge in [-0.25, -0.2) is 0 Å². The molecule has 0 spiro atoms. The first-order valence-electron chi connectivity index (χ1n) is 6.51. The second-order valence-corrected chi connectivity index (χ2v) is 6.64. The molecule has 4 heteroatoms. The topological polar surface area (TPSA) is 12.0 Å². The van der Waals surface area contributed by atoms with Crippen LogP contribution in [0.15, 0.2) is 23.8 Å². The van der Waals surface area contributed by atoms with Crippen molar-refractivity contribution in [1.29, 1.82) is 0 Å². The molecule has 2 atom stereocenters. The van der Waals surface area contributed by atoms with Gasteiger partial charge in [-0.2, -0.15) is 0 Å². The van der Waals surface area contributed by atoms with Gasteiger partial charge in [-0.3, -0.25) is 0 Å². The molecule has 1 aromatic rings. The molecule has 0 saturated heterocycles. The van der Waals surface area contributed by atoms with Gasteiger partial charge in [0.15, 0.2) is 0 Å². The van der Waals surface area contributed by atoms with Crippen LogP contribution >= 0.6 is 34.8 Å². The quantitative estimate of drug-likeness (QED) is 0.528. The van der Waals surface area contributed by atoms with Crippen LogP contribution < -0.4 is 5.32 Å². The molecule has 0 aromatic heterocycles. The van der Waals surface area contributed by atoms with Crippen molar-refractivity contribution in [2.75, 3.05) is 11.9 Å². The summed E-state index contributed by atoms with van der Waals surface area (Å²) in [6, 6.07) is 3.48. The lowest BCUT2D eigenvalue weighted by molar-refractivity contribution is 0.421. The minimum absolute atomic E-state index is 0.488. The molecular weight excluding hydrogens is 301 g/mol. The van der Waals surface area contributed by atoms with Crippen LogP contribution in [0.4, 0.5) is 5.69 Å². The van der Waals surface area contributed by atoms with Crippen molar-refractivity contribution in [3.63, 3.8) is 0 Å². The van der Waals surface area contributed by atoms with Crippen LogP contribution in [0.2, 0.25) is 15.1 Å². The van der Waals surface area contributed by atoms with E-state index in [-0.39, 0.29) is 0 Å². The molecule has 104 valence electrons. The fourth-order valence-corrected chi connectivity index (χ4v) is 3.37. The Morgan fingerprint density at radius 3 is 2.53 bits per heavy atom. The van der Waals surface area contributed by atoms with Crippen LogP contribution in [0.5, 0.6) is 0 Å². The van der Waals surface area contributed by atoms with Crippen LogP contribution in [0.3, 0.4) is 0 Å². The van der Waals surface area contributed by atoms with E-state index in [2.05, 4.69) is 25.2 Å². The molecule has 0 fully saturated rings. The summed E-state index contributed by atoms with van der Waals surface area (Å²) >= 11 is 18.1. The van der Waals surface area contributed by atoms with E-state index in [1.807, 2.05) is 0 Å². The summed E-state index contributed by atoms with van der Waals surface area (Å²) in [5.41, 5.74) is 2.33. The van der Waals surface area contributed by atoms with Crippen LogP contribution in [0.1, 0.15) is 26.7 Å².